The molecule has 1 atom stereocenters. The van der Waals surface area contributed by atoms with Gasteiger partial charge in [-0.3, -0.25) is 0 Å². The minimum atomic E-state index is 0.107. The van der Waals surface area contributed by atoms with E-state index in [9.17, 15) is 0 Å². The van der Waals surface area contributed by atoms with Crippen LogP contribution in [0.4, 0.5) is 0 Å². The summed E-state index contributed by atoms with van der Waals surface area (Å²) in [6.45, 7) is 7.26. The molecular formula is C17H22N2O2S. The monoisotopic (exact) mass is 318 g/mol. The van der Waals surface area contributed by atoms with E-state index in [2.05, 4.69) is 36.6 Å². The SMILES string of the molecule is Cc1cccc(C)c1OCC(C)NC(=S)NCc1ccco1. The van der Waals surface area contributed by atoms with E-state index in [4.69, 9.17) is 21.4 Å². The first-order chi connectivity index (χ1) is 10.6. The fourth-order valence-electron chi connectivity index (χ4n) is 2.13. The van der Waals surface area contributed by atoms with E-state index >= 15 is 0 Å². The van der Waals surface area contributed by atoms with Crippen molar-refractivity contribution in [2.75, 3.05) is 6.61 Å². The van der Waals surface area contributed by atoms with Gasteiger partial charge in [-0.1, -0.05) is 18.2 Å². The standard InChI is InChI=1S/C17H22N2O2S/c1-12-6-4-7-13(2)16(12)21-11-14(3)19-17(22)18-10-15-8-5-9-20-15/h4-9,14H,10-11H2,1-3H3,(H2,18,19,22). The van der Waals surface area contributed by atoms with Crippen molar-refractivity contribution in [1.29, 1.82) is 0 Å². The topological polar surface area (TPSA) is 46.4 Å². The van der Waals surface area contributed by atoms with Gasteiger partial charge in [0.1, 0.15) is 18.1 Å². The summed E-state index contributed by atoms with van der Waals surface area (Å²) in [5, 5.41) is 6.90. The molecule has 118 valence electrons. The van der Waals surface area contributed by atoms with E-state index < -0.39 is 0 Å². The van der Waals surface area contributed by atoms with E-state index in [0.29, 0.717) is 18.3 Å². The Hall–Kier alpha value is -2.01. The first-order valence-electron chi connectivity index (χ1n) is 7.32. The van der Waals surface area contributed by atoms with Crippen molar-refractivity contribution in [1.82, 2.24) is 10.6 Å². The third-order valence-electron chi connectivity index (χ3n) is 3.27. The lowest BCUT2D eigenvalue weighted by Gasteiger charge is -2.19. The minimum Gasteiger partial charge on any atom is -0.491 e. The molecule has 1 aromatic heterocycles. The van der Waals surface area contributed by atoms with Gasteiger partial charge in [0.2, 0.25) is 0 Å². The predicted molar refractivity (Wildman–Crippen MR) is 92.2 cm³/mol. The molecule has 2 N–H and O–H groups in total. The molecule has 0 saturated heterocycles. The first kappa shape index (κ1) is 16.4. The molecule has 0 fully saturated rings. The molecule has 0 amide bonds. The number of hydrogen-bond donors (Lipinski definition) is 2. The quantitative estimate of drug-likeness (QED) is 0.800. The zero-order valence-electron chi connectivity index (χ0n) is 13.2. The molecule has 0 spiro atoms. The van der Waals surface area contributed by atoms with Crippen LogP contribution in [0.3, 0.4) is 0 Å². The number of thiocarbonyl (C=S) groups is 1. The summed E-state index contributed by atoms with van der Waals surface area (Å²) in [5.41, 5.74) is 2.29. The largest absolute Gasteiger partial charge is 0.491 e. The summed E-state index contributed by atoms with van der Waals surface area (Å²) in [4.78, 5) is 0. The Bertz CT molecular complexity index is 591. The molecule has 0 radical (unpaired) electrons. The molecule has 2 rings (SSSR count). The van der Waals surface area contributed by atoms with E-state index in [1.165, 1.54) is 0 Å². The van der Waals surface area contributed by atoms with Crippen molar-refractivity contribution in [2.24, 2.45) is 0 Å². The second-order valence-electron chi connectivity index (χ2n) is 5.34. The van der Waals surface area contributed by atoms with Gasteiger partial charge in [-0.05, 0) is 56.2 Å². The molecule has 1 aromatic carbocycles. The van der Waals surface area contributed by atoms with Crippen molar-refractivity contribution in [3.63, 3.8) is 0 Å². The Morgan fingerprint density at radius 3 is 2.59 bits per heavy atom. The maximum absolute atomic E-state index is 5.91. The molecule has 0 bridgehead atoms. The fraction of sp³-hybridized carbons (Fsp3) is 0.353. The number of hydrogen-bond acceptors (Lipinski definition) is 3. The maximum atomic E-state index is 5.91. The molecule has 0 saturated carbocycles. The van der Waals surface area contributed by atoms with Gasteiger partial charge in [0, 0.05) is 0 Å². The lowest BCUT2D eigenvalue weighted by Crippen LogP contribution is -2.42. The van der Waals surface area contributed by atoms with Crippen LogP contribution in [-0.2, 0) is 6.54 Å². The molecule has 4 nitrogen and oxygen atoms in total. The second-order valence-corrected chi connectivity index (χ2v) is 5.75. The molecule has 1 unspecified atom stereocenters. The van der Waals surface area contributed by atoms with Crippen LogP contribution < -0.4 is 15.4 Å². The highest BCUT2D eigenvalue weighted by Gasteiger charge is 2.08. The average Bonchev–Trinajstić information content (AvgIpc) is 2.98. The van der Waals surface area contributed by atoms with Crippen LogP contribution >= 0.6 is 12.2 Å². The summed E-state index contributed by atoms with van der Waals surface area (Å²) in [6.07, 6.45) is 1.65. The number of para-hydroxylation sites is 1. The Balaban J connectivity index is 1.75. The first-order valence-corrected chi connectivity index (χ1v) is 7.73. The summed E-state index contributed by atoms with van der Waals surface area (Å²) in [5.74, 6) is 1.80. The van der Waals surface area contributed by atoms with Crippen molar-refractivity contribution < 1.29 is 9.15 Å². The number of furan rings is 1. The molecular weight excluding hydrogens is 296 g/mol. The Morgan fingerprint density at radius 1 is 1.23 bits per heavy atom. The highest BCUT2D eigenvalue weighted by molar-refractivity contribution is 7.80. The van der Waals surface area contributed by atoms with Crippen LogP contribution in [0.2, 0.25) is 0 Å². The molecule has 22 heavy (non-hydrogen) atoms. The Labute approximate surface area is 136 Å². The Kier molecular flexibility index (Phi) is 5.83. The van der Waals surface area contributed by atoms with Crippen LogP contribution in [0.1, 0.15) is 23.8 Å². The molecule has 2 aromatic rings. The number of rotatable bonds is 6. The smallest absolute Gasteiger partial charge is 0.166 e. The number of benzene rings is 1. The van der Waals surface area contributed by atoms with Crippen molar-refractivity contribution in [2.45, 2.75) is 33.4 Å². The predicted octanol–water partition coefficient (Wildman–Crippen LogP) is 3.33. The van der Waals surface area contributed by atoms with Crippen molar-refractivity contribution in [3.8, 4) is 5.75 Å². The molecule has 5 heteroatoms. The lowest BCUT2D eigenvalue weighted by atomic mass is 10.1. The van der Waals surface area contributed by atoms with Crippen molar-refractivity contribution >= 4 is 17.3 Å². The van der Waals surface area contributed by atoms with Gasteiger partial charge in [0.05, 0.1) is 18.8 Å². The van der Waals surface area contributed by atoms with E-state index in [0.717, 1.165) is 22.6 Å². The molecule has 1 heterocycles. The second kappa shape index (κ2) is 7.84. The zero-order valence-corrected chi connectivity index (χ0v) is 14.0. The van der Waals surface area contributed by atoms with E-state index in [1.54, 1.807) is 6.26 Å². The number of nitrogens with one attached hydrogen (secondary N) is 2. The maximum Gasteiger partial charge on any atom is 0.166 e. The van der Waals surface area contributed by atoms with E-state index in [-0.39, 0.29) is 6.04 Å². The number of aryl methyl sites for hydroxylation is 2. The van der Waals surface area contributed by atoms with Gasteiger partial charge in [-0.2, -0.15) is 0 Å². The fourth-order valence-corrected chi connectivity index (χ4v) is 2.41. The van der Waals surface area contributed by atoms with Gasteiger partial charge >= 0.3 is 0 Å². The number of ether oxygens (including phenoxy) is 1. The summed E-state index contributed by atoms with van der Waals surface area (Å²) in [6, 6.07) is 10.0. The summed E-state index contributed by atoms with van der Waals surface area (Å²) < 4.78 is 11.2. The van der Waals surface area contributed by atoms with E-state index in [1.807, 2.05) is 25.1 Å². The minimum absolute atomic E-state index is 0.107. The molecule has 0 aliphatic carbocycles. The van der Waals surface area contributed by atoms with Crippen LogP contribution in [0, 0.1) is 13.8 Å². The third kappa shape index (κ3) is 4.77. The van der Waals surface area contributed by atoms with Crippen LogP contribution in [-0.4, -0.2) is 17.8 Å². The average molecular weight is 318 g/mol. The summed E-state index contributed by atoms with van der Waals surface area (Å²) >= 11 is 5.27. The lowest BCUT2D eigenvalue weighted by molar-refractivity contribution is 0.282. The normalized spacial score (nSPS) is 11.8. The van der Waals surface area contributed by atoms with Crippen LogP contribution in [0.15, 0.2) is 41.0 Å². The Morgan fingerprint density at radius 2 is 1.95 bits per heavy atom. The third-order valence-corrected chi connectivity index (χ3v) is 3.53. The highest BCUT2D eigenvalue weighted by Crippen LogP contribution is 2.22. The van der Waals surface area contributed by atoms with Gasteiger partial charge < -0.3 is 19.8 Å². The van der Waals surface area contributed by atoms with Gasteiger partial charge in [-0.25, -0.2) is 0 Å². The van der Waals surface area contributed by atoms with Crippen molar-refractivity contribution in [3.05, 3.63) is 53.5 Å². The summed E-state index contributed by atoms with van der Waals surface area (Å²) in [7, 11) is 0. The highest BCUT2D eigenvalue weighted by atomic mass is 32.1. The van der Waals surface area contributed by atoms with Gasteiger partial charge in [0.25, 0.3) is 0 Å². The molecule has 0 aliphatic rings. The molecule has 0 aliphatic heterocycles. The van der Waals surface area contributed by atoms with Crippen LogP contribution in [0.25, 0.3) is 0 Å². The van der Waals surface area contributed by atoms with Crippen LogP contribution in [0.5, 0.6) is 5.75 Å². The zero-order chi connectivity index (χ0) is 15.9. The van der Waals surface area contributed by atoms with Gasteiger partial charge in [-0.15, -0.1) is 0 Å². The van der Waals surface area contributed by atoms with Gasteiger partial charge in [0.15, 0.2) is 5.11 Å².